The van der Waals surface area contributed by atoms with Crippen molar-refractivity contribution < 1.29 is 4.74 Å². The topological polar surface area (TPSA) is 78.3 Å². The van der Waals surface area contributed by atoms with Crippen molar-refractivity contribution in [2.24, 2.45) is 0 Å². The van der Waals surface area contributed by atoms with Gasteiger partial charge in [-0.15, -0.1) is 0 Å². The number of anilines is 1. The van der Waals surface area contributed by atoms with Gasteiger partial charge in [-0.25, -0.2) is 9.97 Å². The third-order valence-corrected chi connectivity index (χ3v) is 4.81. The molecule has 0 aliphatic carbocycles. The number of ether oxygens (including phenoxy) is 1. The number of nitrogens with two attached hydrogens (primary N) is 1. The van der Waals surface area contributed by atoms with Crippen molar-refractivity contribution >= 4 is 22.4 Å². The Bertz CT molecular complexity index is 1310. The summed E-state index contributed by atoms with van der Waals surface area (Å²) in [5, 5.41) is 1.06. The Morgan fingerprint density at radius 1 is 0.929 bits per heavy atom. The molecule has 0 atom stereocenters. The summed E-state index contributed by atoms with van der Waals surface area (Å²) in [4.78, 5) is 13.5. The number of nitrogens with zero attached hydrogens (tertiary/aromatic N) is 4. The predicted molar refractivity (Wildman–Crippen MR) is 110 cm³/mol. The van der Waals surface area contributed by atoms with E-state index >= 15 is 0 Å². The first kappa shape index (κ1) is 16.3. The van der Waals surface area contributed by atoms with Crippen molar-refractivity contribution in [2.45, 2.75) is 0 Å². The molecule has 0 spiro atoms. The van der Waals surface area contributed by atoms with Crippen LogP contribution < -0.4 is 10.5 Å². The van der Waals surface area contributed by atoms with Gasteiger partial charge in [-0.2, -0.15) is 0 Å². The average Bonchev–Trinajstić information content (AvgIpc) is 3.24. The number of hydrogen-bond donors (Lipinski definition) is 1. The van der Waals surface area contributed by atoms with Crippen molar-refractivity contribution in [3.63, 3.8) is 0 Å². The van der Waals surface area contributed by atoms with Gasteiger partial charge in [0.1, 0.15) is 5.75 Å². The molecule has 0 radical (unpaired) electrons. The van der Waals surface area contributed by atoms with Gasteiger partial charge in [-0.05, 0) is 42.5 Å². The predicted octanol–water partition coefficient (Wildman–Crippen LogP) is 4.20. The highest BCUT2D eigenvalue weighted by Gasteiger charge is 2.17. The van der Waals surface area contributed by atoms with Crippen molar-refractivity contribution in [3.8, 4) is 28.3 Å². The maximum atomic E-state index is 6.20. The van der Waals surface area contributed by atoms with Gasteiger partial charge in [0.15, 0.2) is 11.5 Å². The molecule has 0 saturated carbocycles. The Labute approximate surface area is 161 Å². The highest BCUT2D eigenvalue weighted by Crippen LogP contribution is 2.34. The maximum Gasteiger partial charge on any atom is 0.180 e. The second-order valence-electron chi connectivity index (χ2n) is 6.45. The summed E-state index contributed by atoms with van der Waals surface area (Å²) >= 11 is 0. The second kappa shape index (κ2) is 6.35. The van der Waals surface area contributed by atoms with Gasteiger partial charge in [-0.3, -0.25) is 9.38 Å². The Hall–Kier alpha value is -3.93. The number of aromatic nitrogens is 4. The van der Waals surface area contributed by atoms with Crippen LogP contribution in [-0.2, 0) is 0 Å². The van der Waals surface area contributed by atoms with Crippen LogP contribution >= 0.6 is 0 Å². The number of pyridine rings is 1. The molecular weight excluding hydrogens is 350 g/mol. The number of fused-ring (bicyclic) bond motifs is 2. The van der Waals surface area contributed by atoms with E-state index in [9.17, 15) is 0 Å². The molecule has 3 heterocycles. The van der Waals surface area contributed by atoms with Crippen molar-refractivity contribution in [2.75, 3.05) is 12.8 Å². The first-order valence-corrected chi connectivity index (χ1v) is 8.87. The highest BCUT2D eigenvalue weighted by molar-refractivity contribution is 5.89. The first-order valence-electron chi connectivity index (χ1n) is 8.87. The summed E-state index contributed by atoms with van der Waals surface area (Å²) in [6.07, 6.45) is 5.43. The summed E-state index contributed by atoms with van der Waals surface area (Å²) < 4.78 is 7.27. The number of benzene rings is 2. The second-order valence-corrected chi connectivity index (χ2v) is 6.45. The van der Waals surface area contributed by atoms with E-state index in [0.717, 1.165) is 39.2 Å². The van der Waals surface area contributed by atoms with E-state index in [4.69, 9.17) is 15.5 Å². The van der Waals surface area contributed by atoms with E-state index in [1.165, 1.54) is 0 Å². The quantitative estimate of drug-likeness (QED) is 0.517. The largest absolute Gasteiger partial charge is 0.497 e. The molecule has 0 unspecified atom stereocenters. The van der Waals surface area contributed by atoms with E-state index < -0.39 is 0 Å². The third-order valence-electron chi connectivity index (χ3n) is 4.81. The Kier molecular flexibility index (Phi) is 3.69. The van der Waals surface area contributed by atoms with E-state index in [1.807, 2.05) is 47.0 Å². The Morgan fingerprint density at radius 3 is 2.57 bits per heavy atom. The van der Waals surface area contributed by atoms with Crippen LogP contribution in [0.15, 0.2) is 73.2 Å². The van der Waals surface area contributed by atoms with Crippen LogP contribution in [0.5, 0.6) is 5.75 Å². The number of hydrogen-bond acceptors (Lipinski definition) is 5. The lowest BCUT2D eigenvalue weighted by Gasteiger charge is -2.14. The summed E-state index contributed by atoms with van der Waals surface area (Å²) in [5.74, 6) is 1.18. The standard InChI is InChI=1S/C22H17N5O/c1-28-17-7-4-14(5-8-17)19-20(27-12-11-25-22(27)21(23)26-19)16-6-9-18-15(13-16)3-2-10-24-18/h2-13H,1H3,(H2,23,26). The van der Waals surface area contributed by atoms with Crippen molar-refractivity contribution in [1.82, 2.24) is 19.4 Å². The first-order chi connectivity index (χ1) is 13.7. The molecule has 136 valence electrons. The maximum absolute atomic E-state index is 6.20. The van der Waals surface area contributed by atoms with Gasteiger partial charge < -0.3 is 10.5 Å². The molecular formula is C22H17N5O. The van der Waals surface area contributed by atoms with E-state index in [2.05, 4.69) is 28.2 Å². The molecule has 0 saturated heterocycles. The van der Waals surface area contributed by atoms with E-state index in [1.54, 1.807) is 19.5 Å². The average molecular weight is 367 g/mol. The normalized spacial score (nSPS) is 11.2. The van der Waals surface area contributed by atoms with Crippen LogP contribution in [0.1, 0.15) is 0 Å². The monoisotopic (exact) mass is 367 g/mol. The molecule has 2 N–H and O–H groups in total. The number of imidazole rings is 1. The molecule has 0 bridgehead atoms. The molecule has 6 nitrogen and oxygen atoms in total. The molecule has 5 aromatic rings. The van der Waals surface area contributed by atoms with Crippen LogP contribution in [0.2, 0.25) is 0 Å². The minimum Gasteiger partial charge on any atom is -0.497 e. The SMILES string of the molecule is COc1ccc(-c2nc(N)c3nccn3c2-c2ccc3ncccc3c2)cc1. The molecule has 5 rings (SSSR count). The van der Waals surface area contributed by atoms with Gasteiger partial charge in [0.25, 0.3) is 0 Å². The van der Waals surface area contributed by atoms with Gasteiger partial charge in [-0.1, -0.05) is 12.1 Å². The van der Waals surface area contributed by atoms with Gasteiger partial charge in [0.2, 0.25) is 0 Å². The molecule has 2 aromatic carbocycles. The summed E-state index contributed by atoms with van der Waals surface area (Å²) in [5.41, 5.74) is 11.5. The molecule has 0 amide bonds. The van der Waals surface area contributed by atoms with Crippen LogP contribution in [0.3, 0.4) is 0 Å². The highest BCUT2D eigenvalue weighted by atomic mass is 16.5. The lowest BCUT2D eigenvalue weighted by Crippen LogP contribution is -2.03. The minimum absolute atomic E-state index is 0.391. The fourth-order valence-electron chi connectivity index (χ4n) is 3.46. The zero-order valence-electron chi connectivity index (χ0n) is 15.2. The zero-order valence-corrected chi connectivity index (χ0v) is 15.2. The van der Waals surface area contributed by atoms with Crippen LogP contribution in [0.25, 0.3) is 39.1 Å². The van der Waals surface area contributed by atoms with Gasteiger partial charge in [0.05, 0.1) is 24.0 Å². The molecule has 0 fully saturated rings. The van der Waals surface area contributed by atoms with Gasteiger partial charge >= 0.3 is 0 Å². The molecule has 28 heavy (non-hydrogen) atoms. The molecule has 6 heteroatoms. The fourth-order valence-corrected chi connectivity index (χ4v) is 3.46. The molecule has 0 aliphatic rings. The van der Waals surface area contributed by atoms with E-state index in [-0.39, 0.29) is 0 Å². The van der Waals surface area contributed by atoms with Crippen molar-refractivity contribution in [3.05, 3.63) is 73.2 Å². The van der Waals surface area contributed by atoms with Crippen LogP contribution in [0.4, 0.5) is 5.82 Å². The third kappa shape index (κ3) is 2.54. The zero-order chi connectivity index (χ0) is 19.1. The molecule has 3 aromatic heterocycles. The fraction of sp³-hybridized carbons (Fsp3) is 0.0455. The van der Waals surface area contributed by atoms with Gasteiger partial charge in [0, 0.05) is 35.1 Å². The summed E-state index contributed by atoms with van der Waals surface area (Å²) in [7, 11) is 1.65. The summed E-state index contributed by atoms with van der Waals surface area (Å²) in [6.45, 7) is 0. The van der Waals surface area contributed by atoms with E-state index in [0.29, 0.717) is 11.5 Å². The number of methoxy groups -OCH3 is 1. The summed E-state index contributed by atoms with van der Waals surface area (Å²) in [6, 6.07) is 18.0. The van der Waals surface area contributed by atoms with Crippen molar-refractivity contribution in [1.29, 1.82) is 0 Å². The Morgan fingerprint density at radius 2 is 1.75 bits per heavy atom. The van der Waals surface area contributed by atoms with Crippen LogP contribution in [-0.4, -0.2) is 26.5 Å². The Balaban J connectivity index is 1.82. The number of nitrogen functional groups attached to an aromatic ring is 1. The number of rotatable bonds is 3. The minimum atomic E-state index is 0.391. The lowest BCUT2D eigenvalue weighted by atomic mass is 10.0. The molecule has 0 aliphatic heterocycles. The van der Waals surface area contributed by atoms with Crippen LogP contribution in [0, 0.1) is 0 Å². The lowest BCUT2D eigenvalue weighted by molar-refractivity contribution is 0.415. The smallest absolute Gasteiger partial charge is 0.180 e.